The molecule has 3 aromatic rings. The molecule has 0 heterocycles. The molecular weight excluding hydrogens is 573 g/mol. The Hall–Kier alpha value is -3.83. The topological polar surface area (TPSA) is 105 Å². The molecule has 0 aliphatic heterocycles. The lowest BCUT2D eigenvalue weighted by Crippen LogP contribution is -2.51. The number of amides is 2. The molecule has 1 atom stereocenters. The fourth-order valence-corrected chi connectivity index (χ4v) is 5.56. The van der Waals surface area contributed by atoms with E-state index >= 15 is 0 Å². The minimum atomic E-state index is -4.38. The first-order chi connectivity index (χ1) is 19.5. The lowest BCUT2D eigenvalue weighted by atomic mass is 10.1. The lowest BCUT2D eigenvalue weighted by Gasteiger charge is -2.32. The average Bonchev–Trinajstić information content (AvgIpc) is 2.97. The minimum absolute atomic E-state index is 0.0182. The minimum Gasteiger partial charge on any atom is -0.493 e. The summed E-state index contributed by atoms with van der Waals surface area (Å²) in [6.45, 7) is 3.25. The number of benzene rings is 3. The Kier molecular flexibility index (Phi) is 11.0. The number of nitrogens with zero attached hydrogens (tertiary/aromatic N) is 2. The highest BCUT2D eigenvalue weighted by molar-refractivity contribution is 7.92. The Morgan fingerprint density at radius 3 is 2.20 bits per heavy atom. The number of hydrogen-bond donors (Lipinski definition) is 1. The molecule has 220 valence electrons. The van der Waals surface area contributed by atoms with Crippen molar-refractivity contribution < 1.29 is 31.9 Å². The standard InChI is InChI=1S/C29H33ClFN3O6S/c1-5-16-32-29(36)20(2)33(18-21-6-8-22(30)9-7-21)28(35)19-34(24-12-10-23(31)11-13-24)41(37,38)25-14-15-26(39-3)27(17-25)40-4/h6-15,17,20H,5,16,18-19H2,1-4H3,(H,32,36)/t20-/m0/s1. The van der Waals surface area contributed by atoms with E-state index in [4.69, 9.17) is 21.1 Å². The number of anilines is 1. The quantitative estimate of drug-likeness (QED) is 0.304. The highest BCUT2D eigenvalue weighted by Crippen LogP contribution is 2.32. The molecule has 2 amide bonds. The van der Waals surface area contributed by atoms with Gasteiger partial charge in [-0.05, 0) is 67.4 Å². The van der Waals surface area contributed by atoms with E-state index < -0.39 is 34.3 Å². The maximum absolute atomic E-state index is 14.0. The highest BCUT2D eigenvalue weighted by Gasteiger charge is 2.33. The molecule has 0 aliphatic rings. The van der Waals surface area contributed by atoms with Crippen LogP contribution in [0.15, 0.2) is 71.6 Å². The van der Waals surface area contributed by atoms with Crippen molar-refractivity contribution in [1.82, 2.24) is 10.2 Å². The van der Waals surface area contributed by atoms with Crippen LogP contribution in [0.3, 0.4) is 0 Å². The molecule has 0 unspecified atom stereocenters. The Morgan fingerprint density at radius 1 is 0.976 bits per heavy atom. The second kappa shape index (κ2) is 14.2. The summed E-state index contributed by atoms with van der Waals surface area (Å²) in [5.41, 5.74) is 0.748. The van der Waals surface area contributed by atoms with Crippen LogP contribution in [0.4, 0.5) is 10.1 Å². The van der Waals surface area contributed by atoms with Gasteiger partial charge in [0.05, 0.1) is 24.8 Å². The van der Waals surface area contributed by atoms with Crippen LogP contribution < -0.4 is 19.1 Å². The van der Waals surface area contributed by atoms with E-state index in [0.29, 0.717) is 29.3 Å². The smallest absolute Gasteiger partial charge is 0.264 e. The van der Waals surface area contributed by atoms with Crippen molar-refractivity contribution in [3.05, 3.63) is 83.1 Å². The number of carbonyl (C=O) groups excluding carboxylic acids is 2. The summed E-state index contributed by atoms with van der Waals surface area (Å²) >= 11 is 6.02. The van der Waals surface area contributed by atoms with Crippen molar-refractivity contribution in [3.8, 4) is 11.5 Å². The zero-order valence-corrected chi connectivity index (χ0v) is 24.8. The Morgan fingerprint density at radius 2 is 1.61 bits per heavy atom. The van der Waals surface area contributed by atoms with Crippen LogP contribution in [0.5, 0.6) is 11.5 Å². The molecular formula is C29H33ClFN3O6S. The monoisotopic (exact) mass is 605 g/mol. The van der Waals surface area contributed by atoms with Crippen molar-refractivity contribution >= 4 is 39.1 Å². The summed E-state index contributed by atoms with van der Waals surface area (Å²) in [6, 6.07) is 14.6. The zero-order valence-electron chi connectivity index (χ0n) is 23.3. The number of sulfonamides is 1. The summed E-state index contributed by atoms with van der Waals surface area (Å²) in [5.74, 6) is -1.12. The maximum Gasteiger partial charge on any atom is 0.264 e. The van der Waals surface area contributed by atoms with Gasteiger partial charge in [-0.15, -0.1) is 0 Å². The molecule has 0 spiro atoms. The molecule has 3 rings (SSSR count). The predicted octanol–water partition coefficient (Wildman–Crippen LogP) is 4.64. The van der Waals surface area contributed by atoms with Gasteiger partial charge in [0.15, 0.2) is 11.5 Å². The molecule has 0 aromatic heterocycles. The van der Waals surface area contributed by atoms with Crippen molar-refractivity contribution in [3.63, 3.8) is 0 Å². The summed E-state index contributed by atoms with van der Waals surface area (Å²) in [7, 11) is -1.59. The summed E-state index contributed by atoms with van der Waals surface area (Å²) < 4.78 is 53.1. The fourth-order valence-electron chi connectivity index (χ4n) is 4.01. The van der Waals surface area contributed by atoms with Crippen LogP contribution in [0.25, 0.3) is 0 Å². The number of ether oxygens (including phenoxy) is 2. The van der Waals surface area contributed by atoms with E-state index in [1.807, 2.05) is 6.92 Å². The van der Waals surface area contributed by atoms with E-state index in [-0.39, 0.29) is 28.8 Å². The van der Waals surface area contributed by atoms with Crippen molar-refractivity contribution in [2.75, 3.05) is 31.6 Å². The summed E-state index contributed by atoms with van der Waals surface area (Å²) in [5, 5.41) is 3.28. The molecule has 0 saturated carbocycles. The molecule has 41 heavy (non-hydrogen) atoms. The predicted molar refractivity (Wildman–Crippen MR) is 155 cm³/mol. The maximum atomic E-state index is 14.0. The molecule has 9 nitrogen and oxygen atoms in total. The number of methoxy groups -OCH3 is 2. The van der Waals surface area contributed by atoms with Crippen LogP contribution in [-0.2, 0) is 26.2 Å². The van der Waals surface area contributed by atoms with Gasteiger partial charge in [-0.25, -0.2) is 12.8 Å². The van der Waals surface area contributed by atoms with Gasteiger partial charge >= 0.3 is 0 Å². The van der Waals surface area contributed by atoms with Gasteiger partial charge in [0.1, 0.15) is 18.4 Å². The molecule has 0 bridgehead atoms. The number of nitrogens with one attached hydrogen (secondary N) is 1. The van der Waals surface area contributed by atoms with Gasteiger partial charge < -0.3 is 19.7 Å². The summed E-state index contributed by atoms with van der Waals surface area (Å²) in [6.07, 6.45) is 0.700. The fraction of sp³-hybridized carbons (Fsp3) is 0.310. The SMILES string of the molecule is CCCNC(=O)[C@H](C)N(Cc1ccc(Cl)cc1)C(=O)CN(c1ccc(F)cc1)S(=O)(=O)c1ccc(OC)c(OC)c1. The number of carbonyl (C=O) groups is 2. The first kappa shape index (κ1) is 31.7. The van der Waals surface area contributed by atoms with Crippen molar-refractivity contribution in [2.24, 2.45) is 0 Å². The molecule has 1 N–H and O–H groups in total. The molecule has 0 aliphatic carbocycles. The number of halogens is 2. The van der Waals surface area contributed by atoms with Crippen LogP contribution in [0.2, 0.25) is 5.02 Å². The largest absolute Gasteiger partial charge is 0.493 e. The van der Waals surface area contributed by atoms with E-state index in [2.05, 4.69) is 5.32 Å². The van der Waals surface area contributed by atoms with Crippen LogP contribution in [0.1, 0.15) is 25.8 Å². The second-order valence-electron chi connectivity index (χ2n) is 9.12. The third-order valence-corrected chi connectivity index (χ3v) is 8.34. The van der Waals surface area contributed by atoms with Gasteiger partial charge in [-0.3, -0.25) is 13.9 Å². The van der Waals surface area contributed by atoms with Gasteiger partial charge in [0, 0.05) is 24.2 Å². The van der Waals surface area contributed by atoms with Crippen molar-refractivity contribution in [1.29, 1.82) is 0 Å². The molecule has 0 fully saturated rings. The third-order valence-electron chi connectivity index (χ3n) is 6.32. The van der Waals surface area contributed by atoms with E-state index in [1.54, 1.807) is 31.2 Å². The Bertz CT molecular complexity index is 1450. The first-order valence-electron chi connectivity index (χ1n) is 12.8. The number of hydrogen-bond acceptors (Lipinski definition) is 6. The van der Waals surface area contributed by atoms with E-state index in [1.165, 1.54) is 49.5 Å². The van der Waals surface area contributed by atoms with E-state index in [9.17, 15) is 22.4 Å². The second-order valence-corrected chi connectivity index (χ2v) is 11.4. The normalized spacial score (nSPS) is 11.9. The number of rotatable bonds is 13. The van der Waals surface area contributed by atoms with E-state index in [0.717, 1.165) is 16.4 Å². The van der Waals surface area contributed by atoms with Crippen molar-refractivity contribution in [2.45, 2.75) is 37.8 Å². The zero-order chi connectivity index (χ0) is 30.2. The van der Waals surface area contributed by atoms with Crippen LogP contribution in [0, 0.1) is 5.82 Å². The molecule has 3 aromatic carbocycles. The van der Waals surface area contributed by atoms with Crippen LogP contribution >= 0.6 is 11.6 Å². The molecule has 0 saturated heterocycles. The lowest BCUT2D eigenvalue weighted by molar-refractivity contribution is -0.139. The Balaban J connectivity index is 2.05. The third kappa shape index (κ3) is 7.89. The average molecular weight is 606 g/mol. The highest BCUT2D eigenvalue weighted by atomic mass is 35.5. The van der Waals surface area contributed by atoms with Crippen LogP contribution in [-0.4, -0.2) is 58.5 Å². The Labute approximate surface area is 244 Å². The summed E-state index contributed by atoms with van der Waals surface area (Å²) in [4.78, 5) is 27.9. The molecule has 12 heteroatoms. The molecule has 0 radical (unpaired) electrons. The van der Waals surface area contributed by atoms with Gasteiger partial charge in [-0.1, -0.05) is 30.7 Å². The first-order valence-corrected chi connectivity index (χ1v) is 14.7. The van der Waals surface area contributed by atoms with Gasteiger partial charge in [0.2, 0.25) is 11.8 Å². The van der Waals surface area contributed by atoms with Gasteiger partial charge in [-0.2, -0.15) is 0 Å². The van der Waals surface area contributed by atoms with Gasteiger partial charge in [0.25, 0.3) is 10.0 Å².